The fourth-order valence-corrected chi connectivity index (χ4v) is 2.53. The number of hydrogen-bond donors (Lipinski definition) is 1. The molecule has 1 saturated heterocycles. The summed E-state index contributed by atoms with van der Waals surface area (Å²) in [5.41, 5.74) is 11.3. The fourth-order valence-electron chi connectivity index (χ4n) is 2.53. The van der Waals surface area contributed by atoms with Crippen molar-refractivity contribution in [2.45, 2.75) is 27.2 Å². The highest BCUT2D eigenvalue weighted by Crippen LogP contribution is 2.28. The Labute approximate surface area is 98.4 Å². The number of nitrogens with two attached hydrogens (primary N) is 1. The number of anilines is 1. The SMILES string of the molecule is Cc1cc(C)c(N2CCC(CN)C2)cc1C. The molecular formula is C14H22N2. The highest BCUT2D eigenvalue weighted by molar-refractivity contribution is 5.57. The molecule has 0 aliphatic carbocycles. The fraction of sp³-hybridized carbons (Fsp3) is 0.571. The Morgan fingerprint density at radius 1 is 1.19 bits per heavy atom. The summed E-state index contributed by atoms with van der Waals surface area (Å²) in [5, 5.41) is 0. The lowest BCUT2D eigenvalue weighted by Gasteiger charge is -2.22. The van der Waals surface area contributed by atoms with Gasteiger partial charge in [0, 0.05) is 18.8 Å². The van der Waals surface area contributed by atoms with Crippen LogP contribution in [-0.4, -0.2) is 19.6 Å². The molecule has 1 aliphatic rings. The largest absolute Gasteiger partial charge is 0.371 e. The van der Waals surface area contributed by atoms with Crippen LogP contribution in [-0.2, 0) is 0 Å². The van der Waals surface area contributed by atoms with E-state index in [2.05, 4.69) is 37.8 Å². The molecule has 2 rings (SSSR count). The van der Waals surface area contributed by atoms with Crippen LogP contribution in [0.4, 0.5) is 5.69 Å². The van der Waals surface area contributed by atoms with Crippen molar-refractivity contribution >= 4 is 5.69 Å². The Hall–Kier alpha value is -1.02. The monoisotopic (exact) mass is 218 g/mol. The molecule has 1 atom stereocenters. The molecule has 16 heavy (non-hydrogen) atoms. The van der Waals surface area contributed by atoms with E-state index in [4.69, 9.17) is 5.73 Å². The van der Waals surface area contributed by atoms with Crippen LogP contribution in [0.15, 0.2) is 12.1 Å². The maximum atomic E-state index is 5.74. The smallest absolute Gasteiger partial charge is 0.0398 e. The summed E-state index contributed by atoms with van der Waals surface area (Å²) in [5.74, 6) is 0.681. The van der Waals surface area contributed by atoms with Crippen molar-refractivity contribution in [2.24, 2.45) is 11.7 Å². The van der Waals surface area contributed by atoms with Crippen LogP contribution in [0.5, 0.6) is 0 Å². The van der Waals surface area contributed by atoms with Crippen molar-refractivity contribution in [3.05, 3.63) is 28.8 Å². The highest BCUT2D eigenvalue weighted by atomic mass is 15.2. The van der Waals surface area contributed by atoms with Gasteiger partial charge in [-0.2, -0.15) is 0 Å². The van der Waals surface area contributed by atoms with Crippen molar-refractivity contribution in [1.29, 1.82) is 0 Å². The summed E-state index contributed by atoms with van der Waals surface area (Å²) in [6.45, 7) is 9.68. The summed E-state index contributed by atoms with van der Waals surface area (Å²) in [4.78, 5) is 2.49. The number of hydrogen-bond acceptors (Lipinski definition) is 2. The lowest BCUT2D eigenvalue weighted by Crippen LogP contribution is -2.23. The molecule has 1 aromatic carbocycles. The molecule has 0 radical (unpaired) electrons. The molecule has 1 unspecified atom stereocenters. The third kappa shape index (κ3) is 2.07. The van der Waals surface area contributed by atoms with Crippen LogP contribution in [0.1, 0.15) is 23.1 Å². The van der Waals surface area contributed by atoms with Crippen molar-refractivity contribution < 1.29 is 0 Å². The van der Waals surface area contributed by atoms with E-state index in [0.29, 0.717) is 5.92 Å². The van der Waals surface area contributed by atoms with Crippen LogP contribution in [0.25, 0.3) is 0 Å². The van der Waals surface area contributed by atoms with E-state index in [1.165, 1.54) is 28.8 Å². The molecule has 88 valence electrons. The zero-order valence-corrected chi connectivity index (χ0v) is 10.6. The maximum Gasteiger partial charge on any atom is 0.0398 e. The first kappa shape index (κ1) is 11.5. The molecule has 1 heterocycles. The molecule has 1 aliphatic heterocycles. The van der Waals surface area contributed by atoms with Gasteiger partial charge in [0.25, 0.3) is 0 Å². The Balaban J connectivity index is 2.24. The van der Waals surface area contributed by atoms with Gasteiger partial charge >= 0.3 is 0 Å². The van der Waals surface area contributed by atoms with Crippen molar-refractivity contribution in [1.82, 2.24) is 0 Å². The topological polar surface area (TPSA) is 29.3 Å². The van der Waals surface area contributed by atoms with Crippen LogP contribution in [0, 0.1) is 26.7 Å². The van der Waals surface area contributed by atoms with Gasteiger partial charge in [-0.25, -0.2) is 0 Å². The minimum absolute atomic E-state index is 0.681. The number of aryl methyl sites for hydroxylation is 3. The summed E-state index contributed by atoms with van der Waals surface area (Å²) >= 11 is 0. The number of benzene rings is 1. The van der Waals surface area contributed by atoms with Gasteiger partial charge in [-0.05, 0) is 62.4 Å². The normalized spacial score (nSPS) is 20.5. The van der Waals surface area contributed by atoms with Gasteiger partial charge in [-0.15, -0.1) is 0 Å². The quantitative estimate of drug-likeness (QED) is 0.826. The lowest BCUT2D eigenvalue weighted by atomic mass is 10.0. The summed E-state index contributed by atoms with van der Waals surface area (Å²) in [6.07, 6.45) is 1.24. The van der Waals surface area contributed by atoms with Gasteiger partial charge in [-0.3, -0.25) is 0 Å². The number of rotatable bonds is 2. The summed E-state index contributed by atoms with van der Waals surface area (Å²) in [7, 11) is 0. The first-order valence-electron chi connectivity index (χ1n) is 6.14. The summed E-state index contributed by atoms with van der Waals surface area (Å²) < 4.78 is 0. The van der Waals surface area contributed by atoms with Crippen LogP contribution < -0.4 is 10.6 Å². The first-order valence-corrected chi connectivity index (χ1v) is 6.14. The predicted molar refractivity (Wildman–Crippen MR) is 70.0 cm³/mol. The Morgan fingerprint density at radius 2 is 1.88 bits per heavy atom. The first-order chi connectivity index (χ1) is 7.61. The van der Waals surface area contributed by atoms with Gasteiger partial charge in [0.15, 0.2) is 0 Å². The van der Waals surface area contributed by atoms with Gasteiger partial charge < -0.3 is 10.6 Å². The van der Waals surface area contributed by atoms with E-state index in [9.17, 15) is 0 Å². The van der Waals surface area contributed by atoms with Crippen LogP contribution in [0.3, 0.4) is 0 Å². The maximum absolute atomic E-state index is 5.74. The van der Waals surface area contributed by atoms with E-state index in [0.717, 1.165) is 19.6 Å². The Bertz CT molecular complexity index is 385. The van der Waals surface area contributed by atoms with Crippen molar-refractivity contribution in [3.63, 3.8) is 0 Å². The minimum Gasteiger partial charge on any atom is -0.371 e. The van der Waals surface area contributed by atoms with Gasteiger partial charge in [0.05, 0.1) is 0 Å². The van der Waals surface area contributed by atoms with E-state index in [1.54, 1.807) is 0 Å². The van der Waals surface area contributed by atoms with Gasteiger partial charge in [0.2, 0.25) is 0 Å². The molecule has 2 heteroatoms. The minimum atomic E-state index is 0.681. The molecule has 1 fully saturated rings. The second-order valence-electron chi connectivity index (χ2n) is 5.06. The second-order valence-corrected chi connectivity index (χ2v) is 5.06. The van der Waals surface area contributed by atoms with Crippen molar-refractivity contribution in [3.8, 4) is 0 Å². The standard InChI is InChI=1S/C14H22N2/c1-10-6-12(3)14(7-11(10)2)16-5-4-13(8-15)9-16/h6-7,13H,4-5,8-9,15H2,1-3H3. The van der Waals surface area contributed by atoms with Crippen LogP contribution in [0.2, 0.25) is 0 Å². The zero-order chi connectivity index (χ0) is 11.7. The second kappa shape index (κ2) is 4.46. The molecule has 0 aromatic heterocycles. The third-order valence-electron chi connectivity index (χ3n) is 3.77. The Kier molecular flexibility index (Phi) is 3.20. The number of nitrogens with zero attached hydrogens (tertiary/aromatic N) is 1. The van der Waals surface area contributed by atoms with Crippen LogP contribution >= 0.6 is 0 Å². The molecule has 0 saturated carbocycles. The molecule has 0 bridgehead atoms. The molecule has 2 N–H and O–H groups in total. The molecule has 1 aromatic rings. The highest BCUT2D eigenvalue weighted by Gasteiger charge is 2.22. The zero-order valence-electron chi connectivity index (χ0n) is 10.6. The molecule has 0 spiro atoms. The average Bonchev–Trinajstić information content (AvgIpc) is 2.71. The van der Waals surface area contributed by atoms with E-state index >= 15 is 0 Å². The molecule has 0 amide bonds. The van der Waals surface area contributed by atoms with Gasteiger partial charge in [0.1, 0.15) is 0 Å². The molecule has 2 nitrogen and oxygen atoms in total. The van der Waals surface area contributed by atoms with E-state index in [-0.39, 0.29) is 0 Å². The predicted octanol–water partition coefficient (Wildman–Crippen LogP) is 2.40. The lowest BCUT2D eigenvalue weighted by molar-refractivity contribution is 0.602. The molecular weight excluding hydrogens is 196 g/mol. The van der Waals surface area contributed by atoms with Gasteiger partial charge in [-0.1, -0.05) is 6.07 Å². The van der Waals surface area contributed by atoms with E-state index in [1.807, 2.05) is 0 Å². The van der Waals surface area contributed by atoms with E-state index < -0.39 is 0 Å². The average molecular weight is 218 g/mol. The summed E-state index contributed by atoms with van der Waals surface area (Å²) in [6, 6.07) is 4.62. The Morgan fingerprint density at radius 3 is 2.50 bits per heavy atom. The third-order valence-corrected chi connectivity index (χ3v) is 3.77. The van der Waals surface area contributed by atoms with Crippen molar-refractivity contribution in [2.75, 3.05) is 24.5 Å².